The van der Waals surface area contributed by atoms with Gasteiger partial charge in [0.2, 0.25) is 5.69 Å². The van der Waals surface area contributed by atoms with Crippen LogP contribution in [-0.4, -0.2) is 53.7 Å². The van der Waals surface area contributed by atoms with Crippen LogP contribution in [0.5, 0.6) is 0 Å². The molecular formula is C24H32N3O2S2+. The number of H-pyrrole nitrogens is 1. The second kappa shape index (κ2) is 9.59. The largest absolute Gasteiger partial charge is 0.378 e. The molecule has 2 atom stereocenters. The lowest BCUT2D eigenvalue weighted by molar-refractivity contribution is -0.766. The van der Waals surface area contributed by atoms with Gasteiger partial charge in [0.25, 0.3) is 5.91 Å². The Hall–Kier alpha value is -1.44. The van der Waals surface area contributed by atoms with Gasteiger partial charge < -0.3 is 9.64 Å². The number of aromatic nitrogens is 2. The standard InChI is InChI=1S/C24H31N3O2S2/c1-30-18-7-3-2-6-17(10-11-18)27-23-19-8-4-5-9-21(19)31-16-20(23)22(25-27)24(28)26-12-14-29-15-13-26/h4-5,8-9,17-18H,2-3,6-7,10-16H2,1H3/p+1. The Labute approximate surface area is 193 Å². The summed E-state index contributed by atoms with van der Waals surface area (Å²) in [5.41, 5.74) is 4.50. The van der Waals surface area contributed by atoms with Crippen molar-refractivity contribution in [3.8, 4) is 11.3 Å². The summed E-state index contributed by atoms with van der Waals surface area (Å²) in [4.78, 5) is 16.8. The van der Waals surface area contributed by atoms with Crippen molar-refractivity contribution in [1.82, 2.24) is 10.00 Å². The number of rotatable bonds is 3. The highest BCUT2D eigenvalue weighted by Crippen LogP contribution is 2.42. The van der Waals surface area contributed by atoms with Crippen LogP contribution in [0.3, 0.4) is 0 Å². The Morgan fingerprint density at radius 2 is 1.97 bits per heavy atom. The van der Waals surface area contributed by atoms with Gasteiger partial charge in [0.15, 0.2) is 11.7 Å². The van der Waals surface area contributed by atoms with E-state index in [1.165, 1.54) is 60.2 Å². The van der Waals surface area contributed by atoms with E-state index in [4.69, 9.17) is 4.74 Å². The predicted molar refractivity (Wildman–Crippen MR) is 127 cm³/mol. The summed E-state index contributed by atoms with van der Waals surface area (Å²) in [5.74, 6) is 0.979. The zero-order valence-electron chi connectivity index (χ0n) is 18.3. The fraction of sp³-hybridized carbons (Fsp3) is 0.583. The van der Waals surface area contributed by atoms with Crippen molar-refractivity contribution in [2.75, 3.05) is 32.6 Å². The molecule has 3 heterocycles. The topological polar surface area (TPSA) is 49.2 Å². The van der Waals surface area contributed by atoms with Crippen molar-refractivity contribution < 1.29 is 14.2 Å². The number of nitrogens with one attached hydrogen (secondary N) is 1. The van der Waals surface area contributed by atoms with Crippen molar-refractivity contribution in [3.05, 3.63) is 35.5 Å². The van der Waals surface area contributed by atoms with E-state index < -0.39 is 0 Å². The van der Waals surface area contributed by atoms with E-state index in [-0.39, 0.29) is 5.91 Å². The lowest BCUT2D eigenvalue weighted by Gasteiger charge is -2.26. The lowest BCUT2D eigenvalue weighted by atomic mass is 9.95. The third kappa shape index (κ3) is 4.29. The van der Waals surface area contributed by atoms with E-state index in [1.54, 1.807) is 0 Å². The van der Waals surface area contributed by atoms with Gasteiger partial charge in [-0.25, -0.2) is 0 Å². The quantitative estimate of drug-likeness (QED) is 0.679. The van der Waals surface area contributed by atoms with Crippen LogP contribution in [0.15, 0.2) is 29.2 Å². The predicted octanol–water partition coefficient (Wildman–Crippen LogP) is 4.67. The van der Waals surface area contributed by atoms with E-state index in [2.05, 4.69) is 40.3 Å². The summed E-state index contributed by atoms with van der Waals surface area (Å²) in [6.07, 6.45) is 9.74. The summed E-state index contributed by atoms with van der Waals surface area (Å²) in [5, 5.41) is 4.40. The molecule has 1 N–H and O–H groups in total. The maximum atomic E-state index is 13.5. The molecule has 0 spiro atoms. The van der Waals surface area contributed by atoms with Crippen molar-refractivity contribution in [3.63, 3.8) is 0 Å². The van der Waals surface area contributed by atoms with E-state index in [0.717, 1.165) is 16.7 Å². The minimum absolute atomic E-state index is 0.131. The molecule has 1 saturated carbocycles. The first kappa shape index (κ1) is 21.4. The van der Waals surface area contributed by atoms with Crippen LogP contribution < -0.4 is 4.68 Å². The number of ether oxygens (including phenoxy) is 1. The molecule has 0 bridgehead atoms. The molecule has 7 heteroatoms. The highest BCUT2D eigenvalue weighted by atomic mass is 32.2. The molecule has 1 saturated heterocycles. The molecule has 0 radical (unpaired) electrons. The normalized spacial score (nSPS) is 24.1. The molecule has 5 nitrogen and oxygen atoms in total. The fourth-order valence-corrected chi connectivity index (χ4v) is 7.02. The third-order valence-corrected chi connectivity index (χ3v) is 9.16. The van der Waals surface area contributed by atoms with Crippen LogP contribution in [0.1, 0.15) is 60.6 Å². The Bertz CT molecular complexity index is 939. The summed E-state index contributed by atoms with van der Waals surface area (Å²) < 4.78 is 7.86. The van der Waals surface area contributed by atoms with Gasteiger partial charge in [0.1, 0.15) is 0 Å². The Morgan fingerprint density at radius 3 is 2.81 bits per heavy atom. The summed E-state index contributed by atoms with van der Waals surface area (Å²) >= 11 is 3.87. The number of hydrogen-bond donors (Lipinski definition) is 1. The van der Waals surface area contributed by atoms with Gasteiger partial charge in [-0.2, -0.15) is 16.9 Å². The molecule has 166 valence electrons. The van der Waals surface area contributed by atoms with Crippen LogP contribution in [0.2, 0.25) is 0 Å². The first-order valence-electron chi connectivity index (χ1n) is 11.5. The summed E-state index contributed by atoms with van der Waals surface area (Å²) in [6, 6.07) is 9.10. The number of aromatic amines is 1. The maximum Gasteiger partial charge on any atom is 0.276 e. The van der Waals surface area contributed by atoms with Crippen LogP contribution >= 0.6 is 23.5 Å². The average molecular weight is 459 g/mol. The zero-order valence-corrected chi connectivity index (χ0v) is 19.9. The Balaban J connectivity index is 1.56. The van der Waals surface area contributed by atoms with Crippen LogP contribution in [0.25, 0.3) is 11.3 Å². The minimum Gasteiger partial charge on any atom is -0.378 e. The number of amides is 1. The van der Waals surface area contributed by atoms with Gasteiger partial charge >= 0.3 is 0 Å². The highest BCUT2D eigenvalue weighted by molar-refractivity contribution is 7.99. The fourth-order valence-electron chi connectivity index (χ4n) is 5.17. The number of benzene rings is 1. The Kier molecular flexibility index (Phi) is 6.62. The number of hydrogen-bond acceptors (Lipinski definition) is 4. The molecule has 1 amide bonds. The Morgan fingerprint density at radius 1 is 1.16 bits per heavy atom. The smallest absolute Gasteiger partial charge is 0.276 e. The molecule has 3 aliphatic rings. The highest BCUT2D eigenvalue weighted by Gasteiger charge is 2.39. The number of fused-ring (bicyclic) bond motifs is 3. The van der Waals surface area contributed by atoms with E-state index in [0.29, 0.717) is 32.3 Å². The third-order valence-electron chi connectivity index (χ3n) is 6.92. The zero-order chi connectivity index (χ0) is 21.2. The molecule has 2 fully saturated rings. The van der Waals surface area contributed by atoms with Crippen LogP contribution in [-0.2, 0) is 10.5 Å². The second-order valence-corrected chi connectivity index (χ2v) is 10.9. The lowest BCUT2D eigenvalue weighted by Crippen LogP contribution is -2.45. The van der Waals surface area contributed by atoms with Gasteiger partial charge in [-0.05, 0) is 37.7 Å². The molecule has 5 rings (SSSR count). The van der Waals surface area contributed by atoms with Gasteiger partial charge in [0, 0.05) is 41.8 Å². The van der Waals surface area contributed by atoms with Crippen molar-refractivity contribution in [2.24, 2.45) is 0 Å². The van der Waals surface area contributed by atoms with Crippen molar-refractivity contribution in [1.29, 1.82) is 0 Å². The molecule has 2 aliphatic heterocycles. The first-order chi connectivity index (χ1) is 15.3. The minimum atomic E-state index is 0.131. The van der Waals surface area contributed by atoms with E-state index >= 15 is 0 Å². The number of thioether (sulfide) groups is 2. The van der Waals surface area contributed by atoms with Gasteiger partial charge in [0.05, 0.1) is 24.3 Å². The van der Waals surface area contributed by atoms with Gasteiger partial charge in [-0.1, -0.05) is 18.6 Å². The summed E-state index contributed by atoms with van der Waals surface area (Å²) in [6.45, 7) is 2.61. The molecule has 1 aliphatic carbocycles. The molecule has 2 aromatic rings. The number of morpholine rings is 1. The molecule has 31 heavy (non-hydrogen) atoms. The van der Waals surface area contributed by atoms with Crippen molar-refractivity contribution in [2.45, 2.75) is 60.5 Å². The SMILES string of the molecule is CSC1CCCCC([n+]2[nH]c(C(=O)N3CCOCC3)c3c2-c2ccccc2SC3)CC1. The molecule has 1 aromatic heterocycles. The monoisotopic (exact) mass is 458 g/mol. The van der Waals surface area contributed by atoms with E-state index in [1.807, 2.05) is 28.4 Å². The number of carbonyl (C=O) groups excluding carboxylic acids is 1. The maximum absolute atomic E-state index is 13.5. The van der Waals surface area contributed by atoms with Gasteiger partial charge in [-0.15, -0.1) is 16.4 Å². The van der Waals surface area contributed by atoms with Gasteiger partial charge in [-0.3, -0.25) is 4.79 Å². The number of nitrogens with zero attached hydrogens (tertiary/aromatic N) is 2. The van der Waals surface area contributed by atoms with Crippen LogP contribution in [0, 0.1) is 0 Å². The molecule has 2 unspecified atom stereocenters. The molecular weight excluding hydrogens is 426 g/mol. The molecule has 1 aromatic carbocycles. The van der Waals surface area contributed by atoms with E-state index in [9.17, 15) is 4.79 Å². The van der Waals surface area contributed by atoms with Crippen molar-refractivity contribution >= 4 is 29.4 Å². The summed E-state index contributed by atoms with van der Waals surface area (Å²) in [7, 11) is 0. The second-order valence-electron chi connectivity index (χ2n) is 8.75. The van der Waals surface area contributed by atoms with Crippen LogP contribution in [0.4, 0.5) is 0 Å². The average Bonchev–Trinajstić information content (AvgIpc) is 3.19. The first-order valence-corrected chi connectivity index (χ1v) is 13.8. The number of carbonyl (C=O) groups is 1.